The maximum Gasteiger partial charge on any atom is 0.0373 e. The van der Waals surface area contributed by atoms with E-state index in [-0.39, 0.29) is 5.41 Å². The van der Waals surface area contributed by atoms with Gasteiger partial charge in [-0.1, -0.05) is 75.4 Å². The Morgan fingerprint density at radius 1 is 0.880 bits per heavy atom. The Morgan fingerprint density at radius 2 is 1.64 bits per heavy atom. The molecule has 1 heterocycles. The second kappa shape index (κ2) is 6.00. The second-order valence-electron chi connectivity index (χ2n) is 7.92. The van der Waals surface area contributed by atoms with Gasteiger partial charge in [0.2, 0.25) is 0 Å². The Morgan fingerprint density at radius 3 is 2.28 bits per heavy atom. The molecule has 0 radical (unpaired) electrons. The third-order valence-corrected chi connectivity index (χ3v) is 6.14. The zero-order valence-electron chi connectivity index (χ0n) is 15.3. The predicted molar refractivity (Wildman–Crippen MR) is 111 cm³/mol. The first-order valence-corrected chi connectivity index (χ1v) is 9.73. The summed E-state index contributed by atoms with van der Waals surface area (Å²) in [6.07, 6.45) is 4.66. The molecule has 0 spiro atoms. The highest BCUT2D eigenvalue weighted by Gasteiger charge is 2.23. The number of benzene rings is 2. The van der Waals surface area contributed by atoms with Crippen molar-refractivity contribution in [3.63, 3.8) is 0 Å². The van der Waals surface area contributed by atoms with Crippen molar-refractivity contribution in [3.8, 4) is 11.1 Å². The molecule has 1 atom stereocenters. The highest BCUT2D eigenvalue weighted by atomic mass is 32.1. The quantitative estimate of drug-likeness (QED) is 0.462. The van der Waals surface area contributed by atoms with Crippen molar-refractivity contribution < 1.29 is 0 Å². The summed E-state index contributed by atoms with van der Waals surface area (Å²) in [5.41, 5.74) is 7.02. The summed E-state index contributed by atoms with van der Waals surface area (Å²) in [5, 5.41) is 0. The fourth-order valence-electron chi connectivity index (χ4n) is 3.61. The summed E-state index contributed by atoms with van der Waals surface area (Å²) in [6.45, 7) is 8.97. The molecule has 1 aliphatic carbocycles. The van der Waals surface area contributed by atoms with Crippen molar-refractivity contribution in [2.24, 2.45) is 0 Å². The lowest BCUT2D eigenvalue weighted by molar-refractivity contribution is 0.590. The van der Waals surface area contributed by atoms with Crippen molar-refractivity contribution in [3.05, 3.63) is 87.1 Å². The van der Waals surface area contributed by atoms with Crippen LogP contribution < -0.4 is 0 Å². The SMILES string of the molecule is Cc1ccc(C2C=Cc3c(-c4ccc(C(C)(C)C)cc4)cccc32)s1. The molecule has 0 fully saturated rings. The highest BCUT2D eigenvalue weighted by molar-refractivity contribution is 7.12. The minimum Gasteiger partial charge on any atom is -0.145 e. The number of rotatable bonds is 2. The molecule has 1 aromatic heterocycles. The fourth-order valence-corrected chi connectivity index (χ4v) is 4.58. The Bertz CT molecular complexity index is 933. The van der Waals surface area contributed by atoms with Gasteiger partial charge < -0.3 is 0 Å². The van der Waals surface area contributed by atoms with Crippen molar-refractivity contribution in [1.82, 2.24) is 0 Å². The third-order valence-electron chi connectivity index (χ3n) is 5.06. The standard InChI is InChI=1S/C24H24S/c1-16-8-15-23(25-16)22-14-13-21-19(6-5-7-20(21)22)17-9-11-18(12-10-17)24(2,3)4/h5-15,22H,1-4H3. The number of hydrogen-bond donors (Lipinski definition) is 0. The zero-order valence-corrected chi connectivity index (χ0v) is 16.2. The molecular formula is C24H24S. The Balaban J connectivity index is 1.74. The number of aryl methyl sites for hydroxylation is 1. The smallest absolute Gasteiger partial charge is 0.0373 e. The largest absolute Gasteiger partial charge is 0.145 e. The number of thiophene rings is 1. The maximum atomic E-state index is 2.35. The molecule has 126 valence electrons. The molecule has 0 N–H and O–H groups in total. The van der Waals surface area contributed by atoms with E-state index < -0.39 is 0 Å². The third kappa shape index (κ3) is 2.98. The van der Waals surface area contributed by atoms with Gasteiger partial charge in [0.1, 0.15) is 0 Å². The first-order valence-electron chi connectivity index (χ1n) is 8.92. The van der Waals surface area contributed by atoms with E-state index in [0.29, 0.717) is 5.92 Å². The van der Waals surface area contributed by atoms with Crippen LogP contribution in [-0.4, -0.2) is 0 Å². The zero-order chi connectivity index (χ0) is 17.6. The lowest BCUT2D eigenvalue weighted by Gasteiger charge is -2.19. The summed E-state index contributed by atoms with van der Waals surface area (Å²) in [5.74, 6) is 0.405. The van der Waals surface area contributed by atoms with Crippen LogP contribution in [0.1, 0.15) is 53.1 Å². The van der Waals surface area contributed by atoms with Crippen molar-refractivity contribution in [2.75, 3.05) is 0 Å². The predicted octanol–water partition coefficient (Wildman–Crippen LogP) is 7.18. The molecule has 2 aromatic carbocycles. The van der Waals surface area contributed by atoms with Crippen LogP contribution in [0.2, 0.25) is 0 Å². The number of fused-ring (bicyclic) bond motifs is 1. The Kier molecular flexibility index (Phi) is 3.92. The summed E-state index contributed by atoms with van der Waals surface area (Å²) >= 11 is 1.90. The van der Waals surface area contributed by atoms with E-state index in [4.69, 9.17) is 0 Å². The van der Waals surface area contributed by atoms with Crippen LogP contribution in [0, 0.1) is 6.92 Å². The molecule has 1 heteroatoms. The number of allylic oxidation sites excluding steroid dienone is 1. The van der Waals surface area contributed by atoms with Gasteiger partial charge in [0.15, 0.2) is 0 Å². The van der Waals surface area contributed by atoms with Gasteiger partial charge in [0.05, 0.1) is 0 Å². The van der Waals surface area contributed by atoms with Crippen LogP contribution in [0.5, 0.6) is 0 Å². The van der Waals surface area contributed by atoms with E-state index in [1.807, 2.05) is 11.3 Å². The van der Waals surface area contributed by atoms with Crippen molar-refractivity contribution in [2.45, 2.75) is 39.0 Å². The van der Waals surface area contributed by atoms with Crippen LogP contribution in [0.25, 0.3) is 17.2 Å². The fraction of sp³-hybridized carbons (Fsp3) is 0.250. The lowest BCUT2D eigenvalue weighted by atomic mass is 9.85. The Hall–Kier alpha value is -2.12. The van der Waals surface area contributed by atoms with Crippen molar-refractivity contribution in [1.29, 1.82) is 0 Å². The second-order valence-corrected chi connectivity index (χ2v) is 9.24. The molecule has 25 heavy (non-hydrogen) atoms. The van der Waals surface area contributed by atoms with Crippen LogP contribution >= 0.6 is 11.3 Å². The van der Waals surface area contributed by atoms with Crippen LogP contribution in [0.15, 0.2) is 60.7 Å². The monoisotopic (exact) mass is 344 g/mol. The van der Waals surface area contributed by atoms with Crippen LogP contribution in [0.3, 0.4) is 0 Å². The molecule has 0 bridgehead atoms. The molecule has 4 rings (SSSR count). The molecule has 1 aliphatic rings. The van der Waals surface area contributed by atoms with E-state index >= 15 is 0 Å². The Labute approximate surface area is 154 Å². The molecule has 0 aliphatic heterocycles. The van der Waals surface area contributed by atoms with Gasteiger partial charge in [-0.15, -0.1) is 11.3 Å². The van der Waals surface area contributed by atoms with Gasteiger partial charge in [-0.2, -0.15) is 0 Å². The van der Waals surface area contributed by atoms with Gasteiger partial charge >= 0.3 is 0 Å². The van der Waals surface area contributed by atoms with Gasteiger partial charge in [-0.05, 0) is 52.3 Å². The van der Waals surface area contributed by atoms with E-state index in [9.17, 15) is 0 Å². The van der Waals surface area contributed by atoms with Gasteiger partial charge in [0.25, 0.3) is 0 Å². The van der Waals surface area contributed by atoms with Crippen LogP contribution in [0.4, 0.5) is 0 Å². The minimum atomic E-state index is 0.194. The molecular weight excluding hydrogens is 320 g/mol. The topological polar surface area (TPSA) is 0 Å². The molecule has 0 amide bonds. The first-order chi connectivity index (χ1) is 11.9. The van der Waals surface area contributed by atoms with Gasteiger partial charge in [-0.3, -0.25) is 0 Å². The summed E-state index contributed by atoms with van der Waals surface area (Å²) in [6, 6.07) is 20.3. The van der Waals surface area contributed by atoms with Crippen molar-refractivity contribution >= 4 is 17.4 Å². The molecule has 0 nitrogen and oxygen atoms in total. The van der Waals surface area contributed by atoms with Gasteiger partial charge in [0, 0.05) is 15.7 Å². The normalized spacial score (nSPS) is 16.2. The summed E-state index contributed by atoms with van der Waals surface area (Å²) < 4.78 is 0. The summed E-state index contributed by atoms with van der Waals surface area (Å²) in [7, 11) is 0. The van der Waals surface area contributed by atoms with Crippen LogP contribution in [-0.2, 0) is 5.41 Å². The molecule has 3 aromatic rings. The minimum absolute atomic E-state index is 0.194. The highest BCUT2D eigenvalue weighted by Crippen LogP contribution is 2.42. The maximum absolute atomic E-state index is 2.35. The van der Waals surface area contributed by atoms with E-state index in [1.54, 1.807) is 0 Å². The molecule has 1 unspecified atom stereocenters. The average Bonchev–Trinajstić information content (AvgIpc) is 3.19. The van der Waals surface area contributed by atoms with Gasteiger partial charge in [-0.25, -0.2) is 0 Å². The van der Waals surface area contributed by atoms with E-state index in [1.165, 1.54) is 37.6 Å². The van der Waals surface area contributed by atoms with E-state index in [2.05, 4.69) is 94.4 Å². The molecule has 0 saturated carbocycles. The summed E-state index contributed by atoms with van der Waals surface area (Å²) in [4.78, 5) is 2.82. The first kappa shape index (κ1) is 16.4. The molecule has 0 saturated heterocycles. The van der Waals surface area contributed by atoms with E-state index in [0.717, 1.165) is 0 Å². The lowest BCUT2D eigenvalue weighted by Crippen LogP contribution is -2.10. The average molecular weight is 345 g/mol. The number of hydrogen-bond acceptors (Lipinski definition) is 1.